The average Bonchev–Trinajstić information content (AvgIpc) is 2.43. The first-order valence-corrected chi connectivity index (χ1v) is 6.58. The maximum Gasteiger partial charge on any atom is 0.265 e. The van der Waals surface area contributed by atoms with E-state index >= 15 is 0 Å². The standard InChI is InChI=1S/C14H16FNO3/c15-10-4-5-13-12(7-10)16(14(17)9-19-13)8-11-3-1-2-6-18-11/h4-5,7,11H,1-3,6,8-9H2/t11-/m0/s1. The summed E-state index contributed by atoms with van der Waals surface area (Å²) in [6.45, 7) is 1.21. The molecule has 1 saturated heterocycles. The van der Waals surface area contributed by atoms with Crippen LogP contribution < -0.4 is 9.64 Å². The van der Waals surface area contributed by atoms with Gasteiger partial charge in [0.1, 0.15) is 11.6 Å². The molecule has 2 aliphatic heterocycles. The molecule has 0 aromatic heterocycles. The third-order valence-electron chi connectivity index (χ3n) is 3.52. The molecule has 0 N–H and O–H groups in total. The SMILES string of the molecule is O=C1COc2ccc(F)cc2N1C[C@@H]1CCCCO1. The summed E-state index contributed by atoms with van der Waals surface area (Å²) in [4.78, 5) is 13.5. The number of nitrogens with zero attached hydrogens (tertiary/aromatic N) is 1. The van der Waals surface area contributed by atoms with Crippen LogP contribution in [0.1, 0.15) is 19.3 Å². The highest BCUT2D eigenvalue weighted by Gasteiger charge is 2.29. The van der Waals surface area contributed by atoms with Gasteiger partial charge in [-0.25, -0.2) is 4.39 Å². The van der Waals surface area contributed by atoms with Crippen molar-refractivity contribution < 1.29 is 18.7 Å². The second-order valence-electron chi connectivity index (χ2n) is 4.89. The van der Waals surface area contributed by atoms with E-state index in [2.05, 4.69) is 0 Å². The van der Waals surface area contributed by atoms with Crippen molar-refractivity contribution >= 4 is 11.6 Å². The van der Waals surface area contributed by atoms with E-state index in [1.54, 1.807) is 11.0 Å². The van der Waals surface area contributed by atoms with Crippen LogP contribution in [0.25, 0.3) is 0 Å². The lowest BCUT2D eigenvalue weighted by atomic mass is 10.1. The number of rotatable bonds is 2. The molecule has 1 aromatic rings. The van der Waals surface area contributed by atoms with Crippen LogP contribution in [-0.2, 0) is 9.53 Å². The number of benzene rings is 1. The first kappa shape index (κ1) is 12.4. The summed E-state index contributed by atoms with van der Waals surface area (Å²) in [7, 11) is 0. The molecule has 0 unspecified atom stereocenters. The average molecular weight is 265 g/mol. The minimum Gasteiger partial charge on any atom is -0.482 e. The molecule has 0 spiro atoms. The quantitative estimate of drug-likeness (QED) is 0.822. The van der Waals surface area contributed by atoms with Gasteiger partial charge in [0.2, 0.25) is 0 Å². The fraction of sp³-hybridized carbons (Fsp3) is 0.500. The molecule has 4 nitrogen and oxygen atoms in total. The van der Waals surface area contributed by atoms with Gasteiger partial charge in [-0.15, -0.1) is 0 Å². The van der Waals surface area contributed by atoms with Gasteiger partial charge in [-0.05, 0) is 31.4 Å². The van der Waals surface area contributed by atoms with E-state index in [1.165, 1.54) is 12.1 Å². The van der Waals surface area contributed by atoms with Crippen LogP contribution in [0.2, 0.25) is 0 Å². The Labute approximate surface area is 111 Å². The van der Waals surface area contributed by atoms with Crippen LogP contribution >= 0.6 is 0 Å². The predicted octanol–water partition coefficient (Wildman–Crippen LogP) is 2.12. The number of halogens is 1. The number of amides is 1. The second-order valence-corrected chi connectivity index (χ2v) is 4.89. The molecule has 2 heterocycles. The van der Waals surface area contributed by atoms with Gasteiger partial charge in [0, 0.05) is 12.7 Å². The molecule has 0 aliphatic carbocycles. The number of hydrogen-bond donors (Lipinski definition) is 0. The maximum absolute atomic E-state index is 13.3. The maximum atomic E-state index is 13.3. The highest BCUT2D eigenvalue weighted by molar-refractivity contribution is 5.97. The van der Waals surface area contributed by atoms with Crippen LogP contribution in [0.15, 0.2) is 18.2 Å². The molecule has 1 atom stereocenters. The Morgan fingerprint density at radius 1 is 1.37 bits per heavy atom. The first-order valence-electron chi connectivity index (χ1n) is 6.58. The van der Waals surface area contributed by atoms with Gasteiger partial charge in [-0.3, -0.25) is 4.79 Å². The van der Waals surface area contributed by atoms with Crippen molar-refractivity contribution in [3.63, 3.8) is 0 Å². The van der Waals surface area contributed by atoms with E-state index in [0.29, 0.717) is 18.0 Å². The zero-order valence-electron chi connectivity index (χ0n) is 10.6. The van der Waals surface area contributed by atoms with Gasteiger partial charge in [0.15, 0.2) is 6.61 Å². The third kappa shape index (κ3) is 2.56. The Balaban J connectivity index is 1.83. The summed E-state index contributed by atoms with van der Waals surface area (Å²) >= 11 is 0. The van der Waals surface area contributed by atoms with Crippen LogP contribution in [0.5, 0.6) is 5.75 Å². The Morgan fingerprint density at radius 3 is 3.05 bits per heavy atom. The van der Waals surface area contributed by atoms with Gasteiger partial charge in [-0.2, -0.15) is 0 Å². The number of carbonyl (C=O) groups excluding carboxylic acids is 1. The van der Waals surface area contributed by atoms with Crippen molar-refractivity contribution in [2.75, 3.05) is 24.7 Å². The molecule has 1 fully saturated rings. The summed E-state index contributed by atoms with van der Waals surface area (Å²) in [5.41, 5.74) is 0.505. The fourth-order valence-corrected chi connectivity index (χ4v) is 2.53. The van der Waals surface area contributed by atoms with Gasteiger partial charge in [0.05, 0.1) is 18.3 Å². The second kappa shape index (κ2) is 5.17. The molecular formula is C14H16FNO3. The minimum atomic E-state index is -0.369. The van der Waals surface area contributed by atoms with Crippen molar-refractivity contribution in [3.05, 3.63) is 24.0 Å². The zero-order valence-corrected chi connectivity index (χ0v) is 10.6. The van der Waals surface area contributed by atoms with Gasteiger partial charge in [-0.1, -0.05) is 0 Å². The highest BCUT2D eigenvalue weighted by Crippen LogP contribution is 2.33. The molecule has 3 rings (SSSR count). The van der Waals surface area contributed by atoms with Crippen LogP contribution in [0.4, 0.5) is 10.1 Å². The van der Waals surface area contributed by atoms with Gasteiger partial charge in [0.25, 0.3) is 5.91 Å². The molecule has 0 saturated carbocycles. The normalized spacial score (nSPS) is 22.9. The number of fused-ring (bicyclic) bond motifs is 1. The molecule has 1 aromatic carbocycles. The van der Waals surface area contributed by atoms with Crippen molar-refractivity contribution in [3.8, 4) is 5.75 Å². The Kier molecular flexibility index (Phi) is 3.38. The Morgan fingerprint density at radius 2 is 2.26 bits per heavy atom. The van der Waals surface area contributed by atoms with E-state index in [0.717, 1.165) is 25.9 Å². The molecule has 0 bridgehead atoms. The van der Waals surface area contributed by atoms with Crippen molar-refractivity contribution in [1.29, 1.82) is 0 Å². The number of anilines is 1. The summed E-state index contributed by atoms with van der Waals surface area (Å²) in [5.74, 6) is 0.0377. The molecule has 5 heteroatoms. The van der Waals surface area contributed by atoms with Gasteiger partial charge < -0.3 is 14.4 Å². The van der Waals surface area contributed by atoms with E-state index in [-0.39, 0.29) is 24.4 Å². The molecule has 0 radical (unpaired) electrons. The molecule has 19 heavy (non-hydrogen) atoms. The topological polar surface area (TPSA) is 38.8 Å². The molecule has 2 aliphatic rings. The Hall–Kier alpha value is -1.62. The largest absolute Gasteiger partial charge is 0.482 e. The van der Waals surface area contributed by atoms with Crippen molar-refractivity contribution in [2.24, 2.45) is 0 Å². The van der Waals surface area contributed by atoms with E-state index in [9.17, 15) is 9.18 Å². The lowest BCUT2D eigenvalue weighted by Crippen LogP contribution is -2.44. The third-order valence-corrected chi connectivity index (χ3v) is 3.52. The number of hydrogen-bond acceptors (Lipinski definition) is 3. The summed E-state index contributed by atoms with van der Waals surface area (Å²) in [6.07, 6.45) is 3.15. The fourth-order valence-electron chi connectivity index (χ4n) is 2.53. The lowest BCUT2D eigenvalue weighted by Gasteiger charge is -2.33. The van der Waals surface area contributed by atoms with Crippen molar-refractivity contribution in [2.45, 2.75) is 25.4 Å². The number of carbonyl (C=O) groups is 1. The predicted molar refractivity (Wildman–Crippen MR) is 67.8 cm³/mol. The minimum absolute atomic E-state index is 0.00531. The Bertz CT molecular complexity index is 486. The lowest BCUT2D eigenvalue weighted by molar-refractivity contribution is -0.122. The summed E-state index contributed by atoms with van der Waals surface area (Å²) in [5, 5.41) is 0. The monoisotopic (exact) mass is 265 g/mol. The zero-order chi connectivity index (χ0) is 13.2. The van der Waals surface area contributed by atoms with Crippen LogP contribution in [0, 0.1) is 5.82 Å². The number of ether oxygens (including phenoxy) is 2. The van der Waals surface area contributed by atoms with Crippen molar-refractivity contribution in [1.82, 2.24) is 0 Å². The van der Waals surface area contributed by atoms with E-state index < -0.39 is 0 Å². The van der Waals surface area contributed by atoms with E-state index in [4.69, 9.17) is 9.47 Å². The summed E-state index contributed by atoms with van der Waals surface area (Å²) in [6, 6.07) is 4.24. The smallest absolute Gasteiger partial charge is 0.265 e. The van der Waals surface area contributed by atoms with Crippen LogP contribution in [-0.4, -0.2) is 31.8 Å². The van der Waals surface area contributed by atoms with E-state index in [1.807, 2.05) is 0 Å². The molecule has 1 amide bonds. The van der Waals surface area contributed by atoms with Crippen LogP contribution in [0.3, 0.4) is 0 Å². The highest BCUT2D eigenvalue weighted by atomic mass is 19.1. The molecular weight excluding hydrogens is 249 g/mol. The van der Waals surface area contributed by atoms with Gasteiger partial charge >= 0.3 is 0 Å². The first-order chi connectivity index (χ1) is 9.24. The molecule has 102 valence electrons. The summed E-state index contributed by atoms with van der Waals surface area (Å²) < 4.78 is 24.3.